The van der Waals surface area contributed by atoms with Gasteiger partial charge in [0, 0.05) is 11.1 Å². The number of halogens is 1. The largest absolute Gasteiger partial charge is 0.484 e. The standard InChI is InChI=1S/C18H22ClNO/c1-4-14-11-16(8-9-17(14)19)21-18(13(3)20)15-7-5-6-12(2)10-15/h5-11,13,18H,4,20H2,1-3H3. The van der Waals surface area contributed by atoms with Gasteiger partial charge in [-0.2, -0.15) is 0 Å². The lowest BCUT2D eigenvalue weighted by Gasteiger charge is -2.23. The van der Waals surface area contributed by atoms with Crippen LogP contribution in [0.5, 0.6) is 5.75 Å². The van der Waals surface area contributed by atoms with Crippen LogP contribution < -0.4 is 10.5 Å². The van der Waals surface area contributed by atoms with Crippen molar-refractivity contribution < 1.29 is 4.74 Å². The van der Waals surface area contributed by atoms with E-state index in [1.165, 1.54) is 5.56 Å². The molecule has 0 amide bonds. The summed E-state index contributed by atoms with van der Waals surface area (Å²) >= 11 is 6.15. The molecule has 112 valence electrons. The van der Waals surface area contributed by atoms with Gasteiger partial charge in [0.25, 0.3) is 0 Å². The summed E-state index contributed by atoms with van der Waals surface area (Å²) in [5.74, 6) is 0.806. The molecule has 0 bridgehead atoms. The normalized spacial score (nSPS) is 13.8. The van der Waals surface area contributed by atoms with Gasteiger partial charge in [-0.25, -0.2) is 0 Å². The Kier molecular flexibility index (Phi) is 5.27. The van der Waals surface area contributed by atoms with Gasteiger partial charge in [-0.1, -0.05) is 48.4 Å². The Bertz CT molecular complexity index is 610. The Labute approximate surface area is 131 Å². The van der Waals surface area contributed by atoms with Gasteiger partial charge in [0.2, 0.25) is 0 Å². The SMILES string of the molecule is CCc1cc(OC(c2cccc(C)c2)C(C)N)ccc1Cl. The Morgan fingerprint density at radius 1 is 1.19 bits per heavy atom. The highest BCUT2D eigenvalue weighted by molar-refractivity contribution is 6.31. The minimum Gasteiger partial charge on any atom is -0.484 e. The van der Waals surface area contributed by atoms with E-state index < -0.39 is 0 Å². The van der Waals surface area contributed by atoms with Crippen molar-refractivity contribution in [1.29, 1.82) is 0 Å². The van der Waals surface area contributed by atoms with Crippen LogP contribution in [0.25, 0.3) is 0 Å². The Balaban J connectivity index is 2.28. The molecule has 2 N–H and O–H groups in total. The molecule has 0 aliphatic rings. The van der Waals surface area contributed by atoms with Crippen molar-refractivity contribution in [2.75, 3.05) is 0 Å². The molecule has 0 heterocycles. The highest BCUT2D eigenvalue weighted by atomic mass is 35.5. The summed E-state index contributed by atoms with van der Waals surface area (Å²) in [7, 11) is 0. The first-order valence-electron chi connectivity index (χ1n) is 7.28. The van der Waals surface area contributed by atoms with Crippen molar-refractivity contribution >= 4 is 11.6 Å². The van der Waals surface area contributed by atoms with Gasteiger partial charge in [-0.3, -0.25) is 0 Å². The third kappa shape index (κ3) is 3.99. The molecule has 3 heteroatoms. The molecule has 2 atom stereocenters. The number of hydrogen-bond acceptors (Lipinski definition) is 2. The van der Waals surface area contributed by atoms with Gasteiger partial charge in [0.15, 0.2) is 0 Å². The van der Waals surface area contributed by atoms with Gasteiger partial charge in [0.05, 0.1) is 0 Å². The summed E-state index contributed by atoms with van der Waals surface area (Å²) in [5.41, 5.74) is 9.50. The maximum absolute atomic E-state index is 6.15. The van der Waals surface area contributed by atoms with Crippen LogP contribution in [0.4, 0.5) is 0 Å². The molecule has 0 saturated carbocycles. The Hall–Kier alpha value is -1.51. The maximum atomic E-state index is 6.15. The molecule has 21 heavy (non-hydrogen) atoms. The summed E-state index contributed by atoms with van der Waals surface area (Å²) in [5, 5.41) is 0.776. The molecule has 2 unspecified atom stereocenters. The van der Waals surface area contributed by atoms with E-state index >= 15 is 0 Å². The first-order valence-corrected chi connectivity index (χ1v) is 7.66. The van der Waals surface area contributed by atoms with E-state index in [2.05, 4.69) is 32.0 Å². The predicted octanol–water partition coefficient (Wildman–Crippen LogP) is 4.68. The first kappa shape index (κ1) is 15.9. The molecule has 2 aromatic rings. The summed E-state index contributed by atoms with van der Waals surface area (Å²) in [6.07, 6.45) is 0.708. The molecular weight excluding hydrogens is 282 g/mol. The smallest absolute Gasteiger partial charge is 0.138 e. The molecule has 2 aromatic carbocycles. The molecule has 0 aliphatic heterocycles. The summed E-state index contributed by atoms with van der Waals surface area (Å²) in [6, 6.07) is 13.9. The van der Waals surface area contributed by atoms with Crippen molar-refractivity contribution in [2.24, 2.45) is 5.73 Å². The average molecular weight is 304 g/mol. The summed E-state index contributed by atoms with van der Waals surface area (Å²) < 4.78 is 6.13. The molecule has 0 aromatic heterocycles. The fraction of sp³-hybridized carbons (Fsp3) is 0.333. The van der Waals surface area contributed by atoms with E-state index in [-0.39, 0.29) is 12.1 Å². The number of rotatable bonds is 5. The molecule has 0 fully saturated rings. The van der Waals surface area contributed by atoms with Crippen molar-refractivity contribution in [3.63, 3.8) is 0 Å². The lowest BCUT2D eigenvalue weighted by Crippen LogP contribution is -2.29. The minimum absolute atomic E-state index is 0.104. The van der Waals surface area contributed by atoms with Gasteiger partial charge in [-0.05, 0) is 49.6 Å². The summed E-state index contributed by atoms with van der Waals surface area (Å²) in [4.78, 5) is 0. The molecule has 2 nitrogen and oxygen atoms in total. The molecular formula is C18H22ClNO. The van der Waals surface area contributed by atoms with Gasteiger partial charge in [0.1, 0.15) is 11.9 Å². The fourth-order valence-corrected chi connectivity index (χ4v) is 2.62. The third-order valence-corrected chi connectivity index (χ3v) is 3.88. The van der Waals surface area contributed by atoms with Crippen LogP contribution in [0, 0.1) is 6.92 Å². The molecule has 0 radical (unpaired) electrons. The predicted molar refractivity (Wildman–Crippen MR) is 89.0 cm³/mol. The number of nitrogens with two attached hydrogens (primary N) is 1. The summed E-state index contributed by atoms with van der Waals surface area (Å²) in [6.45, 7) is 6.11. The van der Waals surface area contributed by atoms with Crippen LogP contribution in [0.2, 0.25) is 5.02 Å². The second-order valence-corrected chi connectivity index (χ2v) is 5.83. The fourth-order valence-electron chi connectivity index (χ4n) is 2.37. The van der Waals surface area contributed by atoms with Crippen molar-refractivity contribution in [2.45, 2.75) is 39.3 Å². The number of aryl methyl sites for hydroxylation is 2. The van der Waals surface area contributed by atoms with Crippen LogP contribution in [0.3, 0.4) is 0 Å². The van der Waals surface area contributed by atoms with Crippen LogP contribution in [0.15, 0.2) is 42.5 Å². The van der Waals surface area contributed by atoms with E-state index in [0.29, 0.717) is 0 Å². The second-order valence-electron chi connectivity index (χ2n) is 5.42. The van der Waals surface area contributed by atoms with Crippen molar-refractivity contribution in [1.82, 2.24) is 0 Å². The Morgan fingerprint density at radius 2 is 1.95 bits per heavy atom. The monoisotopic (exact) mass is 303 g/mol. The quantitative estimate of drug-likeness (QED) is 0.870. The van der Waals surface area contributed by atoms with Gasteiger partial charge < -0.3 is 10.5 Å². The van der Waals surface area contributed by atoms with E-state index in [4.69, 9.17) is 22.1 Å². The van der Waals surface area contributed by atoms with Crippen LogP contribution in [-0.2, 0) is 6.42 Å². The Morgan fingerprint density at radius 3 is 2.57 bits per heavy atom. The molecule has 2 rings (SSSR count). The van der Waals surface area contributed by atoms with E-state index in [0.717, 1.165) is 28.3 Å². The zero-order chi connectivity index (χ0) is 15.4. The third-order valence-electron chi connectivity index (χ3n) is 3.51. The zero-order valence-corrected chi connectivity index (χ0v) is 13.5. The van der Waals surface area contributed by atoms with Crippen LogP contribution in [0.1, 0.15) is 36.6 Å². The number of benzene rings is 2. The van der Waals surface area contributed by atoms with Crippen molar-refractivity contribution in [3.8, 4) is 5.75 Å². The van der Waals surface area contributed by atoms with Gasteiger partial charge in [-0.15, -0.1) is 0 Å². The zero-order valence-electron chi connectivity index (χ0n) is 12.8. The highest BCUT2D eigenvalue weighted by Gasteiger charge is 2.18. The molecule has 0 spiro atoms. The van der Waals surface area contributed by atoms with E-state index in [1.807, 2.05) is 31.2 Å². The van der Waals surface area contributed by atoms with Crippen molar-refractivity contribution in [3.05, 3.63) is 64.2 Å². The molecule has 0 aliphatic carbocycles. The van der Waals surface area contributed by atoms with E-state index in [9.17, 15) is 0 Å². The average Bonchev–Trinajstić information content (AvgIpc) is 2.46. The number of hydrogen-bond donors (Lipinski definition) is 1. The lowest BCUT2D eigenvalue weighted by atomic mass is 10.0. The first-order chi connectivity index (χ1) is 10.0. The van der Waals surface area contributed by atoms with Crippen LogP contribution >= 0.6 is 11.6 Å². The second kappa shape index (κ2) is 6.97. The van der Waals surface area contributed by atoms with E-state index in [1.54, 1.807) is 0 Å². The topological polar surface area (TPSA) is 35.2 Å². The van der Waals surface area contributed by atoms with Crippen LogP contribution in [-0.4, -0.2) is 6.04 Å². The maximum Gasteiger partial charge on any atom is 0.138 e. The lowest BCUT2D eigenvalue weighted by molar-refractivity contribution is 0.180. The minimum atomic E-state index is -0.171. The number of ether oxygens (including phenoxy) is 1. The highest BCUT2D eigenvalue weighted by Crippen LogP contribution is 2.28. The molecule has 0 saturated heterocycles. The van der Waals surface area contributed by atoms with Gasteiger partial charge >= 0.3 is 0 Å².